The second-order valence-corrected chi connectivity index (χ2v) is 3.32. The third kappa shape index (κ3) is 8.06. The molecule has 0 aromatic rings. The summed E-state index contributed by atoms with van der Waals surface area (Å²) in [7, 11) is 0. The molecule has 1 rings (SSSR count). The quantitative estimate of drug-likeness (QED) is 0.592. The van der Waals surface area contributed by atoms with Gasteiger partial charge in [-0.2, -0.15) is 0 Å². The van der Waals surface area contributed by atoms with Crippen LogP contribution in [0.5, 0.6) is 0 Å². The van der Waals surface area contributed by atoms with Crippen molar-refractivity contribution in [3.8, 4) is 0 Å². The summed E-state index contributed by atoms with van der Waals surface area (Å²) in [4.78, 5) is 0. The first-order chi connectivity index (χ1) is 5.72. The molecule has 1 heteroatoms. The lowest BCUT2D eigenvalue weighted by atomic mass is 10.0. The normalized spacial score (nSPS) is 26.5. The van der Waals surface area contributed by atoms with E-state index in [9.17, 15) is 0 Å². The van der Waals surface area contributed by atoms with E-state index in [1.807, 2.05) is 13.8 Å². The zero-order chi connectivity index (χ0) is 9.98. The molecule has 0 aromatic heterocycles. The summed E-state index contributed by atoms with van der Waals surface area (Å²) in [6.45, 7) is 15.3. The van der Waals surface area contributed by atoms with Crippen LogP contribution in [0.4, 0.5) is 0 Å². The van der Waals surface area contributed by atoms with Crippen molar-refractivity contribution < 1.29 is 0 Å². The standard InChI is InChI=1S/C6H13N.C3H8.C2H6/c1-5-3-7-4-6(5)2;1-3-2;1-2/h5-7H,3-4H2,1-2H3;3H2,1-2H3;1-2H3. The van der Waals surface area contributed by atoms with Crippen LogP contribution in [-0.4, -0.2) is 13.1 Å². The van der Waals surface area contributed by atoms with Crippen molar-refractivity contribution in [2.24, 2.45) is 11.8 Å². The fourth-order valence-electron chi connectivity index (χ4n) is 0.941. The van der Waals surface area contributed by atoms with Gasteiger partial charge in [-0.05, 0) is 24.9 Å². The Morgan fingerprint density at radius 2 is 1.25 bits per heavy atom. The summed E-state index contributed by atoms with van der Waals surface area (Å²) < 4.78 is 0. The van der Waals surface area contributed by atoms with E-state index in [-0.39, 0.29) is 0 Å². The van der Waals surface area contributed by atoms with Crippen molar-refractivity contribution in [2.75, 3.05) is 13.1 Å². The summed E-state index contributed by atoms with van der Waals surface area (Å²) >= 11 is 0. The van der Waals surface area contributed by atoms with E-state index in [1.54, 1.807) is 0 Å². The highest BCUT2D eigenvalue weighted by atomic mass is 14.9. The number of rotatable bonds is 0. The van der Waals surface area contributed by atoms with Gasteiger partial charge in [-0.1, -0.05) is 48.0 Å². The lowest BCUT2D eigenvalue weighted by Gasteiger charge is -2.03. The van der Waals surface area contributed by atoms with Gasteiger partial charge in [0.1, 0.15) is 0 Å². The maximum Gasteiger partial charge on any atom is -0.00200 e. The van der Waals surface area contributed by atoms with Crippen molar-refractivity contribution in [2.45, 2.75) is 48.0 Å². The van der Waals surface area contributed by atoms with Crippen molar-refractivity contribution in [1.29, 1.82) is 0 Å². The molecule has 1 saturated heterocycles. The average molecular weight is 173 g/mol. The molecule has 0 saturated carbocycles. The Balaban J connectivity index is 0. The molecule has 0 spiro atoms. The summed E-state index contributed by atoms with van der Waals surface area (Å²) in [5, 5.41) is 3.32. The first kappa shape index (κ1) is 14.5. The molecule has 76 valence electrons. The van der Waals surface area contributed by atoms with Crippen molar-refractivity contribution in [3.05, 3.63) is 0 Å². The summed E-state index contributed by atoms with van der Waals surface area (Å²) in [5.41, 5.74) is 0. The van der Waals surface area contributed by atoms with Crippen LogP contribution in [0.15, 0.2) is 0 Å². The predicted molar refractivity (Wildman–Crippen MR) is 58.5 cm³/mol. The van der Waals surface area contributed by atoms with Crippen LogP contribution in [0.3, 0.4) is 0 Å². The van der Waals surface area contributed by atoms with Crippen LogP contribution in [0.1, 0.15) is 48.0 Å². The third-order valence-corrected chi connectivity index (χ3v) is 1.90. The van der Waals surface area contributed by atoms with E-state index >= 15 is 0 Å². The number of nitrogens with one attached hydrogen (secondary N) is 1. The van der Waals surface area contributed by atoms with Gasteiger partial charge in [-0.15, -0.1) is 0 Å². The van der Waals surface area contributed by atoms with E-state index < -0.39 is 0 Å². The molecule has 0 bridgehead atoms. The molecule has 0 radical (unpaired) electrons. The fourth-order valence-corrected chi connectivity index (χ4v) is 0.941. The van der Waals surface area contributed by atoms with Crippen molar-refractivity contribution >= 4 is 0 Å². The van der Waals surface area contributed by atoms with Crippen LogP contribution in [-0.2, 0) is 0 Å². The molecule has 0 amide bonds. The van der Waals surface area contributed by atoms with Gasteiger partial charge in [0.05, 0.1) is 0 Å². The number of hydrogen-bond acceptors (Lipinski definition) is 1. The first-order valence-corrected chi connectivity index (χ1v) is 5.43. The highest BCUT2D eigenvalue weighted by Gasteiger charge is 2.16. The van der Waals surface area contributed by atoms with E-state index in [0.29, 0.717) is 0 Å². The molecule has 2 atom stereocenters. The van der Waals surface area contributed by atoms with Gasteiger partial charge in [0.15, 0.2) is 0 Å². The smallest absolute Gasteiger partial charge is 0.00200 e. The molecule has 1 aliphatic rings. The van der Waals surface area contributed by atoms with Gasteiger partial charge in [0, 0.05) is 0 Å². The predicted octanol–water partition coefficient (Wildman–Crippen LogP) is 3.30. The largest absolute Gasteiger partial charge is 0.316 e. The molecule has 1 heterocycles. The summed E-state index contributed by atoms with van der Waals surface area (Å²) in [6.07, 6.45) is 1.25. The van der Waals surface area contributed by atoms with Crippen LogP contribution >= 0.6 is 0 Å². The fraction of sp³-hybridized carbons (Fsp3) is 1.00. The third-order valence-electron chi connectivity index (χ3n) is 1.90. The van der Waals surface area contributed by atoms with E-state index in [0.717, 1.165) is 11.8 Å². The highest BCUT2D eigenvalue weighted by Crippen LogP contribution is 2.13. The molecule has 1 aliphatic heterocycles. The Bertz CT molecular complexity index is 63.4. The molecule has 0 aromatic carbocycles. The maximum atomic E-state index is 3.32. The Labute approximate surface area is 78.9 Å². The van der Waals surface area contributed by atoms with Gasteiger partial charge in [0.2, 0.25) is 0 Å². The van der Waals surface area contributed by atoms with Crippen molar-refractivity contribution in [3.63, 3.8) is 0 Å². The monoisotopic (exact) mass is 173 g/mol. The molecule has 1 nitrogen and oxygen atoms in total. The Kier molecular flexibility index (Phi) is 13.2. The van der Waals surface area contributed by atoms with Gasteiger partial charge < -0.3 is 5.32 Å². The van der Waals surface area contributed by atoms with Gasteiger partial charge in [-0.3, -0.25) is 0 Å². The molecule has 2 unspecified atom stereocenters. The molecule has 0 aliphatic carbocycles. The second-order valence-electron chi connectivity index (χ2n) is 3.32. The van der Waals surface area contributed by atoms with Crippen LogP contribution in [0.25, 0.3) is 0 Å². The average Bonchev–Trinajstić information content (AvgIpc) is 2.42. The lowest BCUT2D eigenvalue weighted by molar-refractivity contribution is 0.494. The van der Waals surface area contributed by atoms with Crippen LogP contribution < -0.4 is 5.32 Å². The Morgan fingerprint density at radius 3 is 1.33 bits per heavy atom. The second kappa shape index (κ2) is 11.0. The molecule has 1 fully saturated rings. The minimum absolute atomic E-state index is 0.903. The molecule has 1 N–H and O–H groups in total. The maximum absolute atomic E-state index is 3.32. The zero-order valence-corrected chi connectivity index (χ0v) is 9.78. The lowest BCUT2D eigenvalue weighted by Crippen LogP contribution is -2.06. The number of hydrogen-bond donors (Lipinski definition) is 1. The van der Waals surface area contributed by atoms with E-state index in [1.165, 1.54) is 19.5 Å². The van der Waals surface area contributed by atoms with Gasteiger partial charge in [-0.25, -0.2) is 0 Å². The topological polar surface area (TPSA) is 12.0 Å². The minimum Gasteiger partial charge on any atom is -0.316 e. The molecular weight excluding hydrogens is 146 g/mol. The van der Waals surface area contributed by atoms with Crippen LogP contribution in [0.2, 0.25) is 0 Å². The zero-order valence-electron chi connectivity index (χ0n) is 9.78. The minimum atomic E-state index is 0.903. The summed E-state index contributed by atoms with van der Waals surface area (Å²) in [6, 6.07) is 0. The molecular formula is C11H27N. The SMILES string of the molecule is CC.CC1CNCC1C.CCC. The van der Waals surface area contributed by atoms with Gasteiger partial charge in [0.25, 0.3) is 0 Å². The Hall–Kier alpha value is -0.0400. The summed E-state index contributed by atoms with van der Waals surface area (Å²) in [5.74, 6) is 1.81. The van der Waals surface area contributed by atoms with Crippen LogP contribution in [0, 0.1) is 11.8 Å². The highest BCUT2D eigenvalue weighted by molar-refractivity contribution is 4.73. The molecule has 12 heavy (non-hydrogen) atoms. The van der Waals surface area contributed by atoms with E-state index in [2.05, 4.69) is 33.0 Å². The van der Waals surface area contributed by atoms with Gasteiger partial charge >= 0.3 is 0 Å². The Morgan fingerprint density at radius 1 is 1.00 bits per heavy atom. The first-order valence-electron chi connectivity index (χ1n) is 5.43. The van der Waals surface area contributed by atoms with E-state index in [4.69, 9.17) is 0 Å². The van der Waals surface area contributed by atoms with Crippen molar-refractivity contribution in [1.82, 2.24) is 5.32 Å².